The molecule has 10 rings (SSSR count). The van der Waals surface area contributed by atoms with Crippen LogP contribution >= 0.6 is 11.3 Å². The SMILES string of the molecule is c1ccc(-c2nc(-n3c4cc5c(ccn5-c5ccccc5)cc4c4ccc5c6ccccc6sc5c43)nc3ccccc23)cc1. The van der Waals surface area contributed by atoms with E-state index >= 15 is 0 Å². The highest BCUT2D eigenvalue weighted by Gasteiger charge is 2.22. The summed E-state index contributed by atoms with van der Waals surface area (Å²) in [5, 5.41) is 7.18. The average Bonchev–Trinajstić information content (AvgIpc) is 3.79. The van der Waals surface area contributed by atoms with Gasteiger partial charge in [0.1, 0.15) is 0 Å². The van der Waals surface area contributed by atoms with E-state index in [2.05, 4.69) is 149 Å². The fraction of sp³-hybridized carbons (Fsp3) is 0. The number of benzene rings is 6. The molecule has 0 aliphatic carbocycles. The van der Waals surface area contributed by atoms with Crippen LogP contribution in [0.5, 0.6) is 0 Å². The molecule has 45 heavy (non-hydrogen) atoms. The van der Waals surface area contributed by atoms with E-state index in [-0.39, 0.29) is 0 Å². The summed E-state index contributed by atoms with van der Waals surface area (Å²) in [7, 11) is 0. The quantitative estimate of drug-likeness (QED) is 0.205. The number of hydrogen-bond acceptors (Lipinski definition) is 3. The average molecular weight is 593 g/mol. The maximum absolute atomic E-state index is 5.37. The summed E-state index contributed by atoms with van der Waals surface area (Å²) in [6, 6.07) is 49.4. The molecule has 0 fully saturated rings. The van der Waals surface area contributed by atoms with Gasteiger partial charge in [0.25, 0.3) is 0 Å². The Kier molecular flexibility index (Phi) is 5.12. The second kappa shape index (κ2) is 9.36. The summed E-state index contributed by atoms with van der Waals surface area (Å²) >= 11 is 1.84. The molecular weight excluding hydrogens is 569 g/mol. The maximum Gasteiger partial charge on any atom is 0.235 e. The standard InChI is InChI=1S/C40H24N4S/c1-3-11-25(12-4-1)37-31-16-7-9-17-33(31)41-40(42-37)44-35-24-34-26(21-22-43(34)27-13-5-2-6-14-27)23-32(35)29-19-20-30-28-15-8-10-18-36(28)45-39(30)38(29)44/h1-24H. The van der Waals surface area contributed by atoms with Crippen molar-refractivity contribution in [1.82, 2.24) is 19.1 Å². The molecule has 210 valence electrons. The van der Waals surface area contributed by atoms with E-state index in [0.717, 1.165) is 44.4 Å². The number of nitrogens with zero attached hydrogens (tertiary/aromatic N) is 4. The van der Waals surface area contributed by atoms with Gasteiger partial charge in [-0.25, -0.2) is 9.97 Å². The molecule has 0 amide bonds. The van der Waals surface area contributed by atoms with Crippen molar-refractivity contribution in [3.8, 4) is 22.9 Å². The van der Waals surface area contributed by atoms with Crippen molar-refractivity contribution in [3.63, 3.8) is 0 Å². The Labute approximate surface area is 262 Å². The molecule has 0 spiro atoms. The normalized spacial score (nSPS) is 12.0. The number of fused-ring (bicyclic) bond motifs is 9. The van der Waals surface area contributed by atoms with E-state index in [9.17, 15) is 0 Å². The Balaban J connectivity index is 1.39. The van der Waals surface area contributed by atoms with Crippen LogP contribution in [0.3, 0.4) is 0 Å². The molecule has 0 aliphatic rings. The van der Waals surface area contributed by atoms with Crippen molar-refractivity contribution in [3.05, 3.63) is 146 Å². The molecule has 0 saturated heterocycles. The van der Waals surface area contributed by atoms with Crippen molar-refractivity contribution in [2.24, 2.45) is 0 Å². The Bertz CT molecular complexity index is 2750. The molecule has 0 saturated carbocycles. The van der Waals surface area contributed by atoms with Crippen molar-refractivity contribution in [2.75, 3.05) is 0 Å². The van der Waals surface area contributed by atoms with Gasteiger partial charge in [0, 0.05) is 54.5 Å². The Hall–Kier alpha value is -5.78. The molecule has 0 atom stereocenters. The maximum atomic E-state index is 5.37. The first-order chi connectivity index (χ1) is 22.3. The third-order valence-corrected chi connectivity index (χ3v) is 10.1. The summed E-state index contributed by atoms with van der Waals surface area (Å²) in [4.78, 5) is 10.6. The molecule has 0 N–H and O–H groups in total. The second-order valence-corrected chi connectivity index (χ2v) is 12.5. The van der Waals surface area contributed by atoms with Crippen LogP contribution in [0, 0.1) is 0 Å². The number of para-hydroxylation sites is 2. The van der Waals surface area contributed by atoms with Gasteiger partial charge in [0.2, 0.25) is 5.95 Å². The summed E-state index contributed by atoms with van der Waals surface area (Å²) < 4.78 is 7.10. The van der Waals surface area contributed by atoms with Gasteiger partial charge in [-0.1, -0.05) is 97.1 Å². The number of aromatic nitrogens is 4. The first-order valence-corrected chi connectivity index (χ1v) is 15.9. The van der Waals surface area contributed by atoms with Crippen molar-refractivity contribution in [1.29, 1.82) is 0 Å². The zero-order chi connectivity index (χ0) is 29.5. The lowest BCUT2D eigenvalue weighted by Crippen LogP contribution is -2.03. The topological polar surface area (TPSA) is 35.6 Å². The lowest BCUT2D eigenvalue weighted by Gasteiger charge is -2.12. The molecule has 0 radical (unpaired) electrons. The van der Waals surface area contributed by atoms with Crippen LogP contribution in [0.25, 0.3) is 86.7 Å². The van der Waals surface area contributed by atoms with Crippen molar-refractivity contribution >= 4 is 75.1 Å². The zero-order valence-electron chi connectivity index (χ0n) is 24.1. The highest BCUT2D eigenvalue weighted by Crippen LogP contribution is 2.44. The van der Waals surface area contributed by atoms with Crippen LogP contribution < -0.4 is 0 Å². The third-order valence-electron chi connectivity index (χ3n) is 8.96. The van der Waals surface area contributed by atoms with Gasteiger partial charge in [0.15, 0.2) is 0 Å². The summed E-state index contributed by atoms with van der Waals surface area (Å²) in [6.07, 6.45) is 2.16. The minimum Gasteiger partial charge on any atom is -0.316 e. The molecule has 10 aromatic rings. The van der Waals surface area contributed by atoms with Crippen LogP contribution in [0.1, 0.15) is 0 Å². The second-order valence-electron chi connectivity index (χ2n) is 11.5. The van der Waals surface area contributed by atoms with Gasteiger partial charge in [-0.2, -0.15) is 0 Å². The molecule has 4 nitrogen and oxygen atoms in total. The van der Waals surface area contributed by atoms with Crippen LogP contribution in [-0.2, 0) is 0 Å². The van der Waals surface area contributed by atoms with Gasteiger partial charge in [0.05, 0.1) is 32.5 Å². The van der Waals surface area contributed by atoms with Gasteiger partial charge in [-0.15, -0.1) is 11.3 Å². The van der Waals surface area contributed by atoms with Crippen LogP contribution in [0.4, 0.5) is 0 Å². The molecule has 0 unspecified atom stereocenters. The lowest BCUT2D eigenvalue weighted by molar-refractivity contribution is 1.02. The van der Waals surface area contributed by atoms with Crippen LogP contribution in [-0.4, -0.2) is 19.1 Å². The minimum atomic E-state index is 0.676. The zero-order valence-corrected chi connectivity index (χ0v) is 24.9. The predicted molar refractivity (Wildman–Crippen MR) is 189 cm³/mol. The molecule has 0 bridgehead atoms. The van der Waals surface area contributed by atoms with E-state index in [4.69, 9.17) is 9.97 Å². The third kappa shape index (κ3) is 3.59. The number of rotatable bonds is 3. The molecule has 5 heteroatoms. The van der Waals surface area contributed by atoms with E-state index in [0.29, 0.717) is 5.95 Å². The molecule has 4 heterocycles. The highest BCUT2D eigenvalue weighted by molar-refractivity contribution is 7.26. The van der Waals surface area contributed by atoms with E-state index in [1.807, 2.05) is 17.4 Å². The largest absolute Gasteiger partial charge is 0.316 e. The smallest absolute Gasteiger partial charge is 0.235 e. The molecule has 6 aromatic carbocycles. The fourth-order valence-corrected chi connectivity index (χ4v) is 8.15. The lowest BCUT2D eigenvalue weighted by atomic mass is 10.1. The first kappa shape index (κ1) is 24.6. The fourth-order valence-electron chi connectivity index (χ4n) is 6.91. The first-order valence-electron chi connectivity index (χ1n) is 15.1. The monoisotopic (exact) mass is 592 g/mol. The summed E-state index contributed by atoms with van der Waals surface area (Å²) in [5.41, 5.74) is 7.45. The number of hydrogen-bond donors (Lipinski definition) is 0. The Morgan fingerprint density at radius 2 is 1.27 bits per heavy atom. The van der Waals surface area contributed by atoms with Crippen LogP contribution in [0.15, 0.2) is 146 Å². The highest BCUT2D eigenvalue weighted by atomic mass is 32.1. The number of thiophene rings is 1. The molecule has 0 aliphatic heterocycles. The Morgan fingerprint density at radius 1 is 0.533 bits per heavy atom. The molecular formula is C40H24N4S. The summed E-state index contributed by atoms with van der Waals surface area (Å²) in [5.74, 6) is 0.676. The van der Waals surface area contributed by atoms with E-state index in [1.165, 1.54) is 36.3 Å². The van der Waals surface area contributed by atoms with Crippen molar-refractivity contribution in [2.45, 2.75) is 0 Å². The van der Waals surface area contributed by atoms with Crippen LogP contribution in [0.2, 0.25) is 0 Å². The minimum absolute atomic E-state index is 0.676. The summed E-state index contributed by atoms with van der Waals surface area (Å²) in [6.45, 7) is 0. The predicted octanol–water partition coefficient (Wildman–Crippen LogP) is 10.7. The van der Waals surface area contributed by atoms with E-state index in [1.54, 1.807) is 0 Å². The van der Waals surface area contributed by atoms with Crippen molar-refractivity contribution < 1.29 is 0 Å². The molecule has 4 aromatic heterocycles. The van der Waals surface area contributed by atoms with Gasteiger partial charge in [-0.05, 0) is 42.5 Å². The van der Waals surface area contributed by atoms with E-state index < -0.39 is 0 Å². The van der Waals surface area contributed by atoms with Gasteiger partial charge < -0.3 is 4.57 Å². The Morgan fingerprint density at radius 3 is 2.13 bits per heavy atom. The van der Waals surface area contributed by atoms with Gasteiger partial charge >= 0.3 is 0 Å². The van der Waals surface area contributed by atoms with Gasteiger partial charge in [-0.3, -0.25) is 4.57 Å².